The van der Waals surface area contributed by atoms with Crippen LogP contribution < -0.4 is 10.2 Å². The van der Waals surface area contributed by atoms with E-state index in [4.69, 9.17) is 26.0 Å². The fraction of sp³-hybridized carbons (Fsp3) is 0.273. The van der Waals surface area contributed by atoms with Crippen LogP contribution in [0.1, 0.15) is 16.1 Å². The molecular weight excluding hydrogens is 430 g/mol. The minimum absolute atomic E-state index is 0.0975. The molecule has 0 bridgehead atoms. The Balaban J connectivity index is 1.36. The van der Waals surface area contributed by atoms with E-state index in [0.29, 0.717) is 55.3 Å². The van der Waals surface area contributed by atoms with Gasteiger partial charge in [-0.3, -0.25) is 9.48 Å². The van der Waals surface area contributed by atoms with E-state index in [-0.39, 0.29) is 5.91 Å². The third-order valence-corrected chi connectivity index (χ3v) is 5.93. The smallest absolute Gasteiger partial charge is 0.289 e. The van der Waals surface area contributed by atoms with Crippen molar-refractivity contribution in [1.29, 1.82) is 0 Å². The van der Waals surface area contributed by atoms with Crippen molar-refractivity contribution in [2.45, 2.75) is 6.54 Å². The first-order valence-corrected chi connectivity index (χ1v) is 10.7. The van der Waals surface area contributed by atoms with Crippen LogP contribution in [0.15, 0.2) is 53.3 Å². The number of halogens is 1. The first-order chi connectivity index (χ1) is 15.6. The molecule has 1 aromatic carbocycles. The summed E-state index contributed by atoms with van der Waals surface area (Å²) < 4.78 is 6.98. The van der Waals surface area contributed by atoms with Gasteiger partial charge in [-0.15, -0.1) is 0 Å². The quantitative estimate of drug-likeness (QED) is 0.498. The molecule has 0 spiro atoms. The van der Waals surface area contributed by atoms with Crippen molar-refractivity contribution in [3.05, 3.63) is 65.2 Å². The standard InChI is InChI=1S/C22H22ClN7O2/c1-28-20-16(14-25-28)19(24-13-15-5-2-3-6-17(15)23)26-22(27-20)30-10-8-29(9-11-30)21(31)18-7-4-12-32-18/h2-7,12,14H,8-11,13H2,1H3,(H,24,26,27). The van der Waals surface area contributed by atoms with Crippen LogP contribution in [0.25, 0.3) is 11.0 Å². The predicted octanol–water partition coefficient (Wildman–Crippen LogP) is 3.18. The molecule has 32 heavy (non-hydrogen) atoms. The van der Waals surface area contributed by atoms with Gasteiger partial charge < -0.3 is 19.5 Å². The highest BCUT2D eigenvalue weighted by atomic mass is 35.5. The first kappa shape index (κ1) is 20.3. The minimum Gasteiger partial charge on any atom is -0.459 e. The van der Waals surface area contributed by atoms with Crippen LogP contribution in [0.2, 0.25) is 5.02 Å². The lowest BCUT2D eigenvalue weighted by Crippen LogP contribution is -2.49. The lowest BCUT2D eigenvalue weighted by Gasteiger charge is -2.34. The molecule has 1 aliphatic rings. The molecule has 1 N–H and O–H groups in total. The number of anilines is 2. The van der Waals surface area contributed by atoms with Gasteiger partial charge in [0.2, 0.25) is 5.95 Å². The second-order valence-corrected chi connectivity index (χ2v) is 7.99. The highest BCUT2D eigenvalue weighted by molar-refractivity contribution is 6.31. The van der Waals surface area contributed by atoms with Gasteiger partial charge in [0.05, 0.1) is 17.8 Å². The normalized spacial score (nSPS) is 14.2. The molecular formula is C22H22ClN7O2. The number of furan rings is 1. The molecule has 0 aliphatic carbocycles. The topological polar surface area (TPSA) is 92.3 Å². The van der Waals surface area contributed by atoms with E-state index in [1.165, 1.54) is 6.26 Å². The number of hydrogen-bond donors (Lipinski definition) is 1. The van der Waals surface area contributed by atoms with Crippen LogP contribution in [0.3, 0.4) is 0 Å². The van der Waals surface area contributed by atoms with Crippen LogP contribution in [0, 0.1) is 0 Å². The summed E-state index contributed by atoms with van der Waals surface area (Å²) in [5.41, 5.74) is 1.72. The fourth-order valence-electron chi connectivity index (χ4n) is 3.77. The third-order valence-electron chi connectivity index (χ3n) is 5.57. The molecule has 9 nitrogen and oxygen atoms in total. The average Bonchev–Trinajstić information content (AvgIpc) is 3.49. The number of rotatable bonds is 5. The van der Waals surface area contributed by atoms with E-state index in [2.05, 4.69) is 15.3 Å². The lowest BCUT2D eigenvalue weighted by atomic mass is 10.2. The summed E-state index contributed by atoms with van der Waals surface area (Å²) in [5.74, 6) is 1.57. The second-order valence-electron chi connectivity index (χ2n) is 7.58. The van der Waals surface area contributed by atoms with Crippen molar-refractivity contribution in [3.8, 4) is 0 Å². The summed E-state index contributed by atoms with van der Waals surface area (Å²) in [6.07, 6.45) is 3.27. The highest BCUT2D eigenvalue weighted by Crippen LogP contribution is 2.25. The van der Waals surface area contributed by atoms with E-state index in [0.717, 1.165) is 16.6 Å². The SMILES string of the molecule is Cn1ncc2c(NCc3ccccc3Cl)nc(N3CCN(C(=O)c4ccco4)CC3)nc21. The number of carbonyl (C=O) groups excluding carboxylic acids is 1. The minimum atomic E-state index is -0.0975. The van der Waals surface area contributed by atoms with Crippen molar-refractivity contribution in [2.75, 3.05) is 36.4 Å². The Bertz CT molecular complexity index is 1250. The highest BCUT2D eigenvalue weighted by Gasteiger charge is 2.26. The molecule has 164 valence electrons. The molecule has 5 rings (SSSR count). The summed E-state index contributed by atoms with van der Waals surface area (Å²) in [5, 5.41) is 9.28. The zero-order valence-electron chi connectivity index (χ0n) is 17.5. The predicted molar refractivity (Wildman–Crippen MR) is 122 cm³/mol. The molecule has 0 unspecified atom stereocenters. The van der Waals surface area contributed by atoms with E-state index >= 15 is 0 Å². The maximum absolute atomic E-state index is 12.5. The van der Waals surface area contributed by atoms with Gasteiger partial charge >= 0.3 is 0 Å². The molecule has 4 aromatic rings. The maximum atomic E-state index is 12.5. The van der Waals surface area contributed by atoms with Crippen molar-refractivity contribution < 1.29 is 9.21 Å². The number of benzene rings is 1. The first-order valence-electron chi connectivity index (χ1n) is 10.3. The van der Waals surface area contributed by atoms with E-state index in [9.17, 15) is 4.79 Å². The molecule has 1 aliphatic heterocycles. The Hall–Kier alpha value is -3.59. The van der Waals surface area contributed by atoms with Gasteiger partial charge in [-0.05, 0) is 23.8 Å². The molecule has 4 heterocycles. The number of carbonyl (C=O) groups is 1. The Morgan fingerprint density at radius 2 is 1.94 bits per heavy atom. The van der Waals surface area contributed by atoms with Crippen LogP contribution in [-0.4, -0.2) is 56.7 Å². The summed E-state index contributed by atoms with van der Waals surface area (Å²) in [6, 6.07) is 11.1. The number of piperazine rings is 1. The molecule has 1 fully saturated rings. The maximum Gasteiger partial charge on any atom is 0.289 e. The van der Waals surface area contributed by atoms with Gasteiger partial charge in [-0.1, -0.05) is 29.8 Å². The van der Waals surface area contributed by atoms with Crippen molar-refractivity contribution in [2.24, 2.45) is 7.05 Å². The van der Waals surface area contributed by atoms with Crippen LogP contribution in [0.4, 0.5) is 11.8 Å². The number of hydrogen-bond acceptors (Lipinski definition) is 7. The van der Waals surface area contributed by atoms with Gasteiger partial charge in [0, 0.05) is 44.8 Å². The van der Waals surface area contributed by atoms with Crippen LogP contribution in [-0.2, 0) is 13.6 Å². The summed E-state index contributed by atoms with van der Waals surface area (Å²) in [7, 11) is 1.86. The van der Waals surface area contributed by atoms with Crippen molar-refractivity contribution >= 4 is 40.3 Å². The largest absolute Gasteiger partial charge is 0.459 e. The number of aryl methyl sites for hydroxylation is 1. The van der Waals surface area contributed by atoms with Crippen LogP contribution >= 0.6 is 11.6 Å². The third kappa shape index (κ3) is 3.87. The van der Waals surface area contributed by atoms with Gasteiger partial charge in [0.15, 0.2) is 11.4 Å². The molecule has 1 amide bonds. The second kappa shape index (κ2) is 8.51. The van der Waals surface area contributed by atoms with Gasteiger partial charge in [-0.25, -0.2) is 0 Å². The van der Waals surface area contributed by atoms with E-state index < -0.39 is 0 Å². The average molecular weight is 452 g/mol. The number of fused-ring (bicyclic) bond motifs is 1. The summed E-state index contributed by atoms with van der Waals surface area (Å²) in [4.78, 5) is 25.9. The Morgan fingerprint density at radius 3 is 2.69 bits per heavy atom. The van der Waals surface area contributed by atoms with Crippen molar-refractivity contribution in [3.63, 3.8) is 0 Å². The number of amides is 1. The number of nitrogens with zero attached hydrogens (tertiary/aromatic N) is 6. The van der Waals surface area contributed by atoms with Crippen molar-refractivity contribution in [1.82, 2.24) is 24.6 Å². The zero-order chi connectivity index (χ0) is 22.1. The van der Waals surface area contributed by atoms with Crippen LogP contribution in [0.5, 0.6) is 0 Å². The molecule has 10 heteroatoms. The Labute approximate surface area is 189 Å². The van der Waals surface area contributed by atoms with Gasteiger partial charge in [0.1, 0.15) is 5.82 Å². The molecule has 0 radical (unpaired) electrons. The molecule has 1 saturated heterocycles. The fourth-order valence-corrected chi connectivity index (χ4v) is 3.98. The number of nitrogens with one attached hydrogen (secondary N) is 1. The number of aromatic nitrogens is 4. The summed E-state index contributed by atoms with van der Waals surface area (Å²) in [6.45, 7) is 2.91. The molecule has 0 saturated carbocycles. The van der Waals surface area contributed by atoms with E-state index in [1.54, 1.807) is 27.9 Å². The Morgan fingerprint density at radius 1 is 1.12 bits per heavy atom. The van der Waals surface area contributed by atoms with Gasteiger partial charge in [-0.2, -0.15) is 15.1 Å². The molecule has 3 aromatic heterocycles. The Kier molecular flexibility index (Phi) is 5.40. The molecule has 0 atom stereocenters. The monoisotopic (exact) mass is 451 g/mol. The van der Waals surface area contributed by atoms with E-state index in [1.807, 2.05) is 31.3 Å². The van der Waals surface area contributed by atoms with Gasteiger partial charge in [0.25, 0.3) is 5.91 Å². The zero-order valence-corrected chi connectivity index (χ0v) is 18.3. The lowest BCUT2D eigenvalue weighted by molar-refractivity contribution is 0.0714. The summed E-state index contributed by atoms with van der Waals surface area (Å²) >= 11 is 6.31.